The molecule has 0 bridgehead atoms. The predicted octanol–water partition coefficient (Wildman–Crippen LogP) is 3.08. The molecule has 3 nitrogen and oxygen atoms in total. The van der Waals surface area contributed by atoms with Crippen molar-refractivity contribution >= 4 is 5.91 Å². The molecule has 1 aliphatic heterocycles. The molecule has 4 heteroatoms. The molecule has 1 heterocycles. The van der Waals surface area contributed by atoms with Crippen molar-refractivity contribution in [1.29, 1.82) is 0 Å². The van der Waals surface area contributed by atoms with Gasteiger partial charge in [0, 0.05) is 11.6 Å². The number of nitrogens with one attached hydrogen (secondary N) is 1. The van der Waals surface area contributed by atoms with Crippen LogP contribution in [0.25, 0.3) is 0 Å². The number of carbonyl (C=O) groups excluding carboxylic acids is 1. The Morgan fingerprint density at radius 2 is 2.10 bits per heavy atom. The quantitative estimate of drug-likeness (QED) is 0.928. The zero-order valence-corrected chi connectivity index (χ0v) is 12.7. The molecule has 1 saturated heterocycles. The fourth-order valence-corrected chi connectivity index (χ4v) is 4.04. The second kappa shape index (κ2) is 5.76. The molecule has 2 aliphatic rings. The molecule has 1 aromatic carbocycles. The molecule has 1 N–H and O–H groups in total. The van der Waals surface area contributed by atoms with Gasteiger partial charge in [-0.2, -0.15) is 0 Å². The monoisotopic (exact) mass is 290 g/mol. The zero-order chi connectivity index (χ0) is 15.0. The summed E-state index contributed by atoms with van der Waals surface area (Å²) in [7, 11) is 0. The van der Waals surface area contributed by atoms with Gasteiger partial charge in [0.2, 0.25) is 5.91 Å². The summed E-state index contributed by atoms with van der Waals surface area (Å²) in [5, 5.41) is 3.18. The summed E-state index contributed by atoms with van der Waals surface area (Å²) in [5.74, 6) is 1.00. The van der Waals surface area contributed by atoms with Crippen LogP contribution in [0.1, 0.15) is 44.8 Å². The van der Waals surface area contributed by atoms with Gasteiger partial charge in [-0.1, -0.05) is 38.5 Å². The van der Waals surface area contributed by atoms with Crippen LogP contribution in [-0.2, 0) is 4.79 Å². The number of hydrogen-bond acceptors (Lipinski definition) is 2. The van der Waals surface area contributed by atoms with E-state index in [4.69, 9.17) is 0 Å². The van der Waals surface area contributed by atoms with Crippen LogP contribution in [0.2, 0.25) is 0 Å². The highest BCUT2D eigenvalue weighted by Gasteiger charge is 2.44. The largest absolute Gasteiger partial charge is 0.318 e. The number of halogens is 1. The third kappa shape index (κ3) is 2.46. The van der Waals surface area contributed by atoms with Crippen molar-refractivity contribution in [3.8, 4) is 0 Å². The van der Waals surface area contributed by atoms with Gasteiger partial charge in [0.05, 0.1) is 6.54 Å². The van der Waals surface area contributed by atoms with E-state index in [-0.39, 0.29) is 23.9 Å². The number of carbonyl (C=O) groups is 1. The van der Waals surface area contributed by atoms with E-state index in [0.717, 1.165) is 19.3 Å². The van der Waals surface area contributed by atoms with Crippen LogP contribution in [0.15, 0.2) is 24.3 Å². The molecule has 4 unspecified atom stereocenters. The molecule has 0 spiro atoms. The fourth-order valence-electron chi connectivity index (χ4n) is 4.04. The SMILES string of the molecule is CCC1CCC(N2C(=O)CNC2c2ccccc2F)C1C. The Labute approximate surface area is 125 Å². The molecule has 0 radical (unpaired) electrons. The summed E-state index contributed by atoms with van der Waals surface area (Å²) in [4.78, 5) is 14.2. The van der Waals surface area contributed by atoms with Crippen LogP contribution in [0.3, 0.4) is 0 Å². The number of amides is 1. The topological polar surface area (TPSA) is 32.3 Å². The van der Waals surface area contributed by atoms with Crippen molar-refractivity contribution in [3.05, 3.63) is 35.6 Å². The van der Waals surface area contributed by atoms with Crippen molar-refractivity contribution in [1.82, 2.24) is 10.2 Å². The third-order valence-corrected chi connectivity index (χ3v) is 5.28. The average Bonchev–Trinajstić information content (AvgIpc) is 3.02. The van der Waals surface area contributed by atoms with Crippen molar-refractivity contribution in [3.63, 3.8) is 0 Å². The Bertz CT molecular complexity index is 533. The molecule has 3 rings (SSSR count). The molecule has 21 heavy (non-hydrogen) atoms. The standard InChI is InChI=1S/C17H23FN2O/c1-3-12-8-9-15(11(12)2)20-16(21)10-19-17(20)13-6-4-5-7-14(13)18/h4-7,11-12,15,17,19H,3,8-10H2,1-2H3. The van der Waals surface area contributed by atoms with Crippen LogP contribution < -0.4 is 5.32 Å². The molecule has 1 amide bonds. The van der Waals surface area contributed by atoms with Gasteiger partial charge < -0.3 is 4.90 Å². The predicted molar refractivity (Wildman–Crippen MR) is 80.0 cm³/mol. The maximum Gasteiger partial charge on any atom is 0.238 e. The number of rotatable bonds is 3. The summed E-state index contributed by atoms with van der Waals surface area (Å²) in [6, 6.07) is 6.97. The minimum Gasteiger partial charge on any atom is -0.318 e. The summed E-state index contributed by atoms with van der Waals surface area (Å²) in [6.45, 7) is 4.75. The van der Waals surface area contributed by atoms with Crippen LogP contribution in [0.4, 0.5) is 4.39 Å². The molecule has 1 aliphatic carbocycles. The summed E-state index contributed by atoms with van der Waals surface area (Å²) < 4.78 is 14.1. The highest BCUT2D eigenvalue weighted by Crippen LogP contribution is 2.41. The van der Waals surface area contributed by atoms with E-state index in [0.29, 0.717) is 23.9 Å². The van der Waals surface area contributed by atoms with Crippen LogP contribution >= 0.6 is 0 Å². The molecule has 114 valence electrons. The maximum atomic E-state index is 14.1. The highest BCUT2D eigenvalue weighted by molar-refractivity contribution is 5.81. The Kier molecular flexibility index (Phi) is 3.98. The van der Waals surface area contributed by atoms with Gasteiger partial charge >= 0.3 is 0 Å². The normalized spacial score (nSPS) is 32.9. The average molecular weight is 290 g/mol. The highest BCUT2D eigenvalue weighted by atomic mass is 19.1. The van der Waals surface area contributed by atoms with E-state index in [9.17, 15) is 9.18 Å². The lowest BCUT2D eigenvalue weighted by atomic mass is 9.92. The second-order valence-electron chi connectivity index (χ2n) is 6.28. The fraction of sp³-hybridized carbons (Fsp3) is 0.588. The minimum absolute atomic E-state index is 0.0943. The smallest absolute Gasteiger partial charge is 0.238 e. The molecule has 2 fully saturated rings. The van der Waals surface area contributed by atoms with Gasteiger partial charge in [-0.3, -0.25) is 10.1 Å². The zero-order valence-electron chi connectivity index (χ0n) is 12.7. The van der Waals surface area contributed by atoms with Gasteiger partial charge in [0.15, 0.2) is 0 Å². The van der Waals surface area contributed by atoms with Crippen LogP contribution in [0, 0.1) is 17.7 Å². The van der Waals surface area contributed by atoms with E-state index in [1.165, 1.54) is 6.07 Å². The van der Waals surface area contributed by atoms with E-state index in [1.54, 1.807) is 12.1 Å². The number of benzene rings is 1. The molecular formula is C17H23FN2O. The Morgan fingerprint density at radius 3 is 2.76 bits per heavy atom. The van der Waals surface area contributed by atoms with Gasteiger partial charge in [-0.15, -0.1) is 0 Å². The van der Waals surface area contributed by atoms with Crippen LogP contribution in [0.5, 0.6) is 0 Å². The molecular weight excluding hydrogens is 267 g/mol. The lowest BCUT2D eigenvalue weighted by Crippen LogP contribution is -2.42. The maximum absolute atomic E-state index is 14.1. The first-order chi connectivity index (χ1) is 10.1. The first-order valence-electron chi connectivity index (χ1n) is 7.92. The van der Waals surface area contributed by atoms with E-state index in [1.807, 2.05) is 11.0 Å². The first-order valence-corrected chi connectivity index (χ1v) is 7.92. The Balaban J connectivity index is 1.89. The van der Waals surface area contributed by atoms with Crippen LogP contribution in [-0.4, -0.2) is 23.4 Å². The van der Waals surface area contributed by atoms with Crippen molar-refractivity contribution in [2.45, 2.75) is 45.3 Å². The van der Waals surface area contributed by atoms with E-state index in [2.05, 4.69) is 19.2 Å². The molecule has 1 saturated carbocycles. The van der Waals surface area contributed by atoms with Gasteiger partial charge in [0.25, 0.3) is 0 Å². The van der Waals surface area contributed by atoms with Gasteiger partial charge in [-0.05, 0) is 30.7 Å². The summed E-state index contributed by atoms with van der Waals surface area (Å²) in [5.41, 5.74) is 0.579. The lowest BCUT2D eigenvalue weighted by Gasteiger charge is -2.34. The molecule has 1 aromatic rings. The second-order valence-corrected chi connectivity index (χ2v) is 6.28. The van der Waals surface area contributed by atoms with Gasteiger partial charge in [0.1, 0.15) is 12.0 Å². The number of hydrogen-bond donors (Lipinski definition) is 1. The summed E-state index contributed by atoms with van der Waals surface area (Å²) in [6.07, 6.45) is 3.02. The van der Waals surface area contributed by atoms with Crippen molar-refractivity contribution < 1.29 is 9.18 Å². The van der Waals surface area contributed by atoms with Gasteiger partial charge in [-0.25, -0.2) is 4.39 Å². The summed E-state index contributed by atoms with van der Waals surface area (Å²) >= 11 is 0. The first kappa shape index (κ1) is 14.5. The Hall–Kier alpha value is -1.42. The van der Waals surface area contributed by atoms with Crippen molar-refractivity contribution in [2.75, 3.05) is 6.54 Å². The number of nitrogens with zero attached hydrogens (tertiary/aromatic N) is 1. The lowest BCUT2D eigenvalue weighted by molar-refractivity contribution is -0.131. The molecule has 4 atom stereocenters. The van der Waals surface area contributed by atoms with Crippen molar-refractivity contribution in [2.24, 2.45) is 11.8 Å². The minimum atomic E-state index is -0.318. The Morgan fingerprint density at radius 1 is 1.33 bits per heavy atom. The van der Waals surface area contributed by atoms with E-state index < -0.39 is 0 Å². The third-order valence-electron chi connectivity index (χ3n) is 5.28. The molecule has 0 aromatic heterocycles. The van der Waals surface area contributed by atoms with E-state index >= 15 is 0 Å².